The molecule has 0 radical (unpaired) electrons. The van der Waals surface area contributed by atoms with Crippen LogP contribution in [-0.2, 0) is 0 Å². The Labute approximate surface area is 97.8 Å². The average Bonchev–Trinajstić information content (AvgIpc) is 2.25. The van der Waals surface area contributed by atoms with Gasteiger partial charge in [0.1, 0.15) is 0 Å². The first-order valence-corrected chi connectivity index (χ1v) is 5.88. The first kappa shape index (κ1) is 11.3. The Kier molecular flexibility index (Phi) is 3.06. The van der Waals surface area contributed by atoms with Crippen LogP contribution in [0.1, 0.15) is 12.0 Å². The molecule has 0 saturated carbocycles. The predicted octanol–water partition coefficient (Wildman–Crippen LogP) is 1.60. The fourth-order valence-electron chi connectivity index (χ4n) is 2.61. The zero-order valence-corrected chi connectivity index (χ0v) is 10.4. The topological polar surface area (TPSA) is 32.5 Å². The van der Waals surface area contributed by atoms with E-state index < -0.39 is 0 Å². The van der Waals surface area contributed by atoms with Crippen LogP contribution >= 0.6 is 0 Å². The molecule has 1 unspecified atom stereocenters. The molecule has 3 nitrogen and oxygen atoms in total. The number of hydrogen-bond donors (Lipinski definition) is 1. The molecule has 1 heterocycles. The lowest BCUT2D eigenvalue weighted by atomic mass is 10.0. The van der Waals surface area contributed by atoms with E-state index in [2.05, 4.69) is 49.0 Å². The number of likely N-dealkylation sites (N-methyl/N-ethyl adjacent to an activating group) is 2. The summed E-state index contributed by atoms with van der Waals surface area (Å²) in [5, 5.41) is 0. The van der Waals surface area contributed by atoms with Crippen molar-refractivity contribution in [3.63, 3.8) is 0 Å². The molecule has 0 amide bonds. The largest absolute Gasteiger partial charge is 0.371 e. The van der Waals surface area contributed by atoms with Gasteiger partial charge >= 0.3 is 0 Å². The summed E-state index contributed by atoms with van der Waals surface area (Å²) >= 11 is 0. The van der Waals surface area contributed by atoms with Crippen molar-refractivity contribution >= 4 is 11.4 Å². The molecule has 0 aliphatic carbocycles. The SMILES string of the molecule is Cc1cccc2c1N(C)C(CCN)CN2C. The van der Waals surface area contributed by atoms with Crippen LogP contribution in [0.4, 0.5) is 11.4 Å². The summed E-state index contributed by atoms with van der Waals surface area (Å²) in [5.41, 5.74) is 9.71. The maximum Gasteiger partial charge on any atom is 0.0634 e. The molecule has 1 aromatic carbocycles. The Balaban J connectivity index is 2.40. The van der Waals surface area contributed by atoms with E-state index in [1.165, 1.54) is 16.9 Å². The second-order valence-corrected chi connectivity index (χ2v) is 4.67. The van der Waals surface area contributed by atoms with Gasteiger partial charge in [0.15, 0.2) is 0 Å². The van der Waals surface area contributed by atoms with Crippen LogP contribution in [0.3, 0.4) is 0 Å². The number of nitrogens with two attached hydrogens (primary N) is 1. The van der Waals surface area contributed by atoms with Gasteiger partial charge < -0.3 is 15.5 Å². The number of para-hydroxylation sites is 1. The summed E-state index contributed by atoms with van der Waals surface area (Å²) in [5.74, 6) is 0. The van der Waals surface area contributed by atoms with Crippen molar-refractivity contribution in [1.82, 2.24) is 0 Å². The van der Waals surface area contributed by atoms with Crippen LogP contribution in [-0.4, -0.2) is 33.2 Å². The van der Waals surface area contributed by atoms with Gasteiger partial charge in [-0.2, -0.15) is 0 Å². The monoisotopic (exact) mass is 219 g/mol. The number of rotatable bonds is 2. The molecular formula is C13H21N3. The van der Waals surface area contributed by atoms with Crippen LogP contribution < -0.4 is 15.5 Å². The van der Waals surface area contributed by atoms with E-state index in [1.54, 1.807) is 0 Å². The number of nitrogens with zero attached hydrogens (tertiary/aromatic N) is 2. The van der Waals surface area contributed by atoms with Crippen LogP contribution in [0.15, 0.2) is 18.2 Å². The summed E-state index contributed by atoms with van der Waals surface area (Å²) in [6, 6.07) is 7.02. The third-order valence-corrected chi connectivity index (χ3v) is 3.51. The van der Waals surface area contributed by atoms with E-state index in [1.807, 2.05) is 0 Å². The predicted molar refractivity (Wildman–Crippen MR) is 70.3 cm³/mol. The molecule has 2 rings (SSSR count). The zero-order chi connectivity index (χ0) is 11.7. The molecule has 0 saturated heterocycles. The van der Waals surface area contributed by atoms with E-state index in [0.717, 1.165) is 19.5 Å². The molecule has 88 valence electrons. The molecular weight excluding hydrogens is 198 g/mol. The van der Waals surface area contributed by atoms with Crippen molar-refractivity contribution in [2.45, 2.75) is 19.4 Å². The Hall–Kier alpha value is -1.22. The Bertz CT molecular complexity index is 375. The molecule has 0 bridgehead atoms. The van der Waals surface area contributed by atoms with Gasteiger partial charge in [0.05, 0.1) is 11.4 Å². The summed E-state index contributed by atoms with van der Waals surface area (Å²) in [4.78, 5) is 4.72. The smallest absolute Gasteiger partial charge is 0.0634 e. The highest BCUT2D eigenvalue weighted by molar-refractivity contribution is 5.76. The average molecular weight is 219 g/mol. The number of fused-ring (bicyclic) bond motifs is 1. The minimum atomic E-state index is 0.531. The van der Waals surface area contributed by atoms with Gasteiger partial charge in [-0.15, -0.1) is 0 Å². The molecule has 2 N–H and O–H groups in total. The van der Waals surface area contributed by atoms with E-state index in [-0.39, 0.29) is 0 Å². The van der Waals surface area contributed by atoms with Gasteiger partial charge in [0.2, 0.25) is 0 Å². The van der Waals surface area contributed by atoms with E-state index >= 15 is 0 Å². The third kappa shape index (κ3) is 1.76. The first-order valence-electron chi connectivity index (χ1n) is 5.88. The molecule has 0 fully saturated rings. The second-order valence-electron chi connectivity index (χ2n) is 4.67. The maximum atomic E-state index is 5.68. The van der Waals surface area contributed by atoms with Crippen LogP contribution in [0.2, 0.25) is 0 Å². The summed E-state index contributed by atoms with van der Waals surface area (Å²) in [6.07, 6.45) is 1.05. The highest BCUT2D eigenvalue weighted by Gasteiger charge is 2.26. The summed E-state index contributed by atoms with van der Waals surface area (Å²) < 4.78 is 0. The van der Waals surface area contributed by atoms with Crippen molar-refractivity contribution in [1.29, 1.82) is 0 Å². The zero-order valence-electron chi connectivity index (χ0n) is 10.4. The normalized spacial score (nSPS) is 19.9. The van der Waals surface area contributed by atoms with E-state index in [9.17, 15) is 0 Å². The molecule has 0 spiro atoms. The number of anilines is 2. The highest BCUT2D eigenvalue weighted by Crippen LogP contribution is 2.36. The minimum absolute atomic E-state index is 0.531. The van der Waals surface area contributed by atoms with E-state index in [4.69, 9.17) is 5.73 Å². The Morgan fingerprint density at radius 1 is 1.38 bits per heavy atom. The lowest BCUT2D eigenvalue weighted by molar-refractivity contribution is 0.566. The van der Waals surface area contributed by atoms with Gasteiger partial charge in [-0.05, 0) is 31.5 Å². The molecule has 16 heavy (non-hydrogen) atoms. The van der Waals surface area contributed by atoms with Crippen molar-refractivity contribution in [3.8, 4) is 0 Å². The maximum absolute atomic E-state index is 5.68. The van der Waals surface area contributed by atoms with Gasteiger partial charge in [-0.1, -0.05) is 12.1 Å². The molecule has 3 heteroatoms. The quantitative estimate of drug-likeness (QED) is 0.820. The van der Waals surface area contributed by atoms with Crippen molar-refractivity contribution in [2.75, 3.05) is 37.0 Å². The van der Waals surface area contributed by atoms with Crippen molar-refractivity contribution in [3.05, 3.63) is 23.8 Å². The molecule has 0 aromatic heterocycles. The van der Waals surface area contributed by atoms with Crippen LogP contribution in [0.5, 0.6) is 0 Å². The number of benzene rings is 1. The van der Waals surface area contributed by atoms with Gasteiger partial charge in [0, 0.05) is 26.7 Å². The molecule has 1 atom stereocenters. The first-order chi connectivity index (χ1) is 7.65. The highest BCUT2D eigenvalue weighted by atomic mass is 15.3. The van der Waals surface area contributed by atoms with Gasteiger partial charge in [-0.3, -0.25) is 0 Å². The molecule has 1 aliphatic rings. The summed E-state index contributed by atoms with van der Waals surface area (Å²) in [6.45, 7) is 3.99. The number of hydrogen-bond acceptors (Lipinski definition) is 3. The fraction of sp³-hybridized carbons (Fsp3) is 0.538. The number of aryl methyl sites for hydroxylation is 1. The fourth-order valence-corrected chi connectivity index (χ4v) is 2.61. The molecule has 1 aromatic rings. The Morgan fingerprint density at radius 3 is 2.81 bits per heavy atom. The summed E-state index contributed by atoms with van der Waals surface area (Å²) in [7, 11) is 4.34. The Morgan fingerprint density at radius 2 is 2.12 bits per heavy atom. The van der Waals surface area contributed by atoms with Gasteiger partial charge in [-0.25, -0.2) is 0 Å². The standard InChI is InChI=1S/C13H21N3/c1-10-5-4-6-12-13(10)16(3)11(7-8-14)9-15(12)2/h4-6,11H,7-9,14H2,1-3H3. The third-order valence-electron chi connectivity index (χ3n) is 3.51. The second kappa shape index (κ2) is 4.34. The molecule has 1 aliphatic heterocycles. The van der Waals surface area contributed by atoms with Gasteiger partial charge in [0.25, 0.3) is 0 Å². The van der Waals surface area contributed by atoms with Crippen LogP contribution in [0, 0.1) is 6.92 Å². The lowest BCUT2D eigenvalue weighted by Gasteiger charge is -2.42. The minimum Gasteiger partial charge on any atom is -0.371 e. The lowest BCUT2D eigenvalue weighted by Crippen LogP contribution is -2.47. The van der Waals surface area contributed by atoms with Crippen LogP contribution in [0.25, 0.3) is 0 Å². The van der Waals surface area contributed by atoms with Crippen molar-refractivity contribution < 1.29 is 0 Å². The van der Waals surface area contributed by atoms with E-state index in [0.29, 0.717) is 6.04 Å². The van der Waals surface area contributed by atoms with Crippen molar-refractivity contribution in [2.24, 2.45) is 5.73 Å².